The number of nitrogens with zero attached hydrogens (tertiary/aromatic N) is 9. The van der Waals surface area contributed by atoms with Crippen LogP contribution in [0, 0.1) is 41.5 Å². The third-order valence-electron chi connectivity index (χ3n) is 17.2. The van der Waals surface area contributed by atoms with Crippen LogP contribution < -0.4 is 33.6 Å². The molecule has 0 atom stereocenters. The van der Waals surface area contributed by atoms with Crippen LogP contribution in [0.1, 0.15) is 173 Å². The van der Waals surface area contributed by atoms with Crippen molar-refractivity contribution in [1.82, 2.24) is 55.5 Å². The first-order valence-corrected chi connectivity index (χ1v) is 34.1. The Morgan fingerprint density at radius 2 is 0.735 bits per heavy atom. The maximum Gasteiger partial charge on any atom is 0.335 e. The van der Waals surface area contributed by atoms with Gasteiger partial charge < -0.3 is 38.7 Å². The number of halogens is 1. The summed E-state index contributed by atoms with van der Waals surface area (Å²) >= 11 is 0. The van der Waals surface area contributed by atoms with Crippen LogP contribution in [0.4, 0.5) is 21.8 Å². The van der Waals surface area contributed by atoms with E-state index >= 15 is 0 Å². The van der Waals surface area contributed by atoms with E-state index in [-0.39, 0.29) is 17.4 Å². The molecule has 0 aliphatic heterocycles. The van der Waals surface area contributed by atoms with Crippen LogP contribution in [0.3, 0.4) is 0 Å². The van der Waals surface area contributed by atoms with Crippen LogP contribution in [0.25, 0.3) is 32.7 Å². The molecule has 0 unspecified atom stereocenters. The van der Waals surface area contributed by atoms with Gasteiger partial charge in [-0.15, -0.1) is 0 Å². The fourth-order valence-corrected chi connectivity index (χ4v) is 12.1. The summed E-state index contributed by atoms with van der Waals surface area (Å²) in [5.74, 6) is 0.343. The summed E-state index contributed by atoms with van der Waals surface area (Å²) in [7, 11) is -1.00. The summed E-state index contributed by atoms with van der Waals surface area (Å²) in [6.07, 6.45) is 19.0. The zero-order chi connectivity index (χ0) is 74.1. The number of nitrogens with two attached hydrogens (primary N) is 4. The van der Waals surface area contributed by atoms with Crippen LogP contribution in [0.5, 0.6) is 0 Å². The molecule has 0 radical (unpaired) electrons. The van der Waals surface area contributed by atoms with Crippen LogP contribution >= 0.6 is 0 Å². The van der Waals surface area contributed by atoms with Gasteiger partial charge >= 0.3 is 5.97 Å². The van der Waals surface area contributed by atoms with Gasteiger partial charge in [0.25, 0.3) is 11.8 Å². The molecule has 12 aromatic rings. The van der Waals surface area contributed by atoms with Gasteiger partial charge in [0.2, 0.25) is 0 Å². The quantitative estimate of drug-likeness (QED) is 0.0373. The maximum atomic E-state index is 12.8. The Balaban J connectivity index is 0.000000181. The van der Waals surface area contributed by atoms with E-state index in [1.165, 1.54) is 22.8 Å². The van der Waals surface area contributed by atoms with Crippen LogP contribution in [-0.2, 0) is 58.2 Å². The molecule has 0 spiro atoms. The molecule has 0 bridgehead atoms. The number of aromatic carboxylic acids is 1. The summed E-state index contributed by atoms with van der Waals surface area (Å²) in [5, 5.41) is 18.4. The Kier molecular flexibility index (Phi) is 27.2. The Morgan fingerprint density at radius 3 is 1.04 bits per heavy atom. The summed E-state index contributed by atoms with van der Waals surface area (Å²) in [6, 6.07) is 41.1. The number of nitrogen functional groups attached to an aromatic ring is 3. The number of hydrogen-bond donors (Lipinski definition) is 7. The van der Waals surface area contributed by atoms with Crippen molar-refractivity contribution in [2.45, 2.75) is 140 Å². The first-order valence-electron chi connectivity index (χ1n) is 34.8. The number of carboxylic acids is 1. The fourth-order valence-electron chi connectivity index (χ4n) is 12.1. The smallest absolute Gasteiger partial charge is 0.335 e. The Hall–Kier alpha value is -11.5. The van der Waals surface area contributed by atoms with Gasteiger partial charge in [-0.05, 0) is 237 Å². The second-order valence-corrected chi connectivity index (χ2v) is 25.2. The van der Waals surface area contributed by atoms with E-state index in [2.05, 4.69) is 125 Å². The maximum absolute atomic E-state index is 12.8. The summed E-state index contributed by atoms with van der Waals surface area (Å²) < 4.78 is 15.5. The van der Waals surface area contributed by atoms with Gasteiger partial charge in [-0.1, -0.05) is 58.2 Å². The van der Waals surface area contributed by atoms with Gasteiger partial charge in [0.15, 0.2) is 0 Å². The van der Waals surface area contributed by atoms with E-state index in [0.717, 1.165) is 155 Å². The molecule has 102 heavy (non-hydrogen) atoms. The Labute approximate surface area is 597 Å². The highest BCUT2D eigenvalue weighted by Crippen LogP contribution is 2.24. The largest absolute Gasteiger partial charge is 0.478 e. The lowest BCUT2D eigenvalue weighted by Gasteiger charge is -2.12. The standard InChI is InChI=1S/2C27H29N5O.C19H18N2O2.C8H13N3.CH3F/c2*1-4-5-20-12-22-11-19(6-7-25(22)30-15-20)13-23-14-21(8-9-29-23)27(33)31-16-24-17(2)10-26(28)32-18(24)3;1-2-3-14-9-16-8-13(4-5-18(16)21-12-14)10-17-11-15(19(22)23)6-7-20-17;1-5-3-8(10)11-6(2)7(5)4-9;1-2/h2*6-12,14-15H,4-5,13,16H2,1-3H3,(H2,28,32)(H,31,33);4-9,11-12H,2-3,10H2,1H3,(H,22,23);3H,4,9H2,1-2H3,(H2,10,11);1H3/i;;;;1D. The van der Waals surface area contributed by atoms with Gasteiger partial charge in [0.1, 0.15) is 17.5 Å². The number of anilines is 3. The number of hydrogen-bond acceptors (Lipinski definition) is 16. The van der Waals surface area contributed by atoms with Crippen molar-refractivity contribution in [3.63, 3.8) is 0 Å². The number of aromatic nitrogens is 9. The predicted octanol–water partition coefficient (Wildman–Crippen LogP) is 14.6. The van der Waals surface area contributed by atoms with E-state index in [1.807, 2.05) is 115 Å². The summed E-state index contributed by atoms with van der Waals surface area (Å²) in [4.78, 5) is 76.2. The normalized spacial score (nSPS) is 10.8. The molecular formula is C82H92FN15O4. The lowest BCUT2D eigenvalue weighted by Crippen LogP contribution is -2.24. The highest BCUT2D eigenvalue weighted by Gasteiger charge is 2.15. The third-order valence-corrected chi connectivity index (χ3v) is 17.2. The number of carbonyl (C=O) groups is 3. The number of carbonyl (C=O) groups excluding carboxylic acids is 2. The van der Waals surface area contributed by atoms with Gasteiger partial charge in [-0.2, -0.15) is 0 Å². The number of pyridine rings is 9. The van der Waals surface area contributed by atoms with Gasteiger partial charge in [0, 0.05) is 138 Å². The molecule has 0 fully saturated rings. The monoisotopic (exact) mass is 1370 g/mol. The van der Waals surface area contributed by atoms with E-state index in [1.54, 1.807) is 36.8 Å². The van der Waals surface area contributed by atoms with Crippen LogP contribution in [-0.4, -0.2) is 74.9 Å². The summed E-state index contributed by atoms with van der Waals surface area (Å²) in [6.45, 7) is 19.5. The van der Waals surface area contributed by atoms with Crippen LogP contribution in [0.2, 0.25) is 0 Å². The number of alkyl halides is 1. The minimum atomic E-state index is -1.00. The molecular weight excluding hydrogens is 1280 g/mol. The highest BCUT2D eigenvalue weighted by atomic mass is 19.1. The average molecular weight is 1370 g/mol. The SMILES string of the molecule is CCCc1cnc2ccc(Cc3cc(C(=O)NCc4c(C)cc(N)nc4C)ccn3)cc2c1.CCCc1cnc2ccc(Cc3cc(C(=O)NCc4c(C)cc(N)nc4C)ccn3)cc2c1.CCCc1cnc2ccc(Cc3cc(C(=O)O)ccn3)cc2c1.Cc1cc(N)nc(C)c1CN.[2H]CF. The lowest BCUT2D eigenvalue weighted by atomic mass is 10.0. The van der Waals surface area contributed by atoms with Crippen molar-refractivity contribution in [3.05, 3.63) is 282 Å². The number of carboxylic acid groups (broad SMARTS) is 1. The molecule has 20 heteroatoms. The van der Waals surface area contributed by atoms with Crippen molar-refractivity contribution in [1.29, 1.82) is 0 Å². The number of benzene rings is 3. The zero-order valence-electron chi connectivity index (χ0n) is 60.7. The molecule has 19 nitrogen and oxygen atoms in total. The second kappa shape index (κ2) is 37.1. The molecule has 0 aliphatic carbocycles. The Bertz CT molecular complexity index is 4660. The first kappa shape index (κ1) is 74.7. The minimum Gasteiger partial charge on any atom is -0.478 e. The van der Waals surface area contributed by atoms with Crippen molar-refractivity contribution < 1.29 is 25.3 Å². The molecule has 11 N–H and O–H groups in total. The van der Waals surface area contributed by atoms with Gasteiger partial charge in [-0.3, -0.25) is 43.9 Å². The minimum absolute atomic E-state index is 0.138. The Morgan fingerprint density at radius 1 is 0.431 bits per heavy atom. The fraction of sp³-hybridized carbons (Fsp3) is 0.268. The van der Waals surface area contributed by atoms with E-state index in [9.17, 15) is 18.8 Å². The van der Waals surface area contributed by atoms with Crippen molar-refractivity contribution in [2.75, 3.05) is 24.4 Å². The van der Waals surface area contributed by atoms with Gasteiger partial charge in [-0.25, -0.2) is 19.7 Å². The average Bonchev–Trinajstić information content (AvgIpc) is 0.834. The molecule has 2 amide bonds. The van der Waals surface area contributed by atoms with Crippen molar-refractivity contribution in [2.24, 2.45) is 5.73 Å². The van der Waals surface area contributed by atoms with Crippen molar-refractivity contribution >= 4 is 67.9 Å². The van der Waals surface area contributed by atoms with Gasteiger partial charge in [0.05, 0.1) is 30.6 Å². The lowest BCUT2D eigenvalue weighted by molar-refractivity contribution is 0.0696. The highest BCUT2D eigenvalue weighted by molar-refractivity contribution is 5.95. The molecule has 0 aliphatic rings. The van der Waals surface area contributed by atoms with Crippen LogP contribution in [0.15, 0.2) is 165 Å². The number of nitrogens with one attached hydrogen (secondary N) is 2. The molecule has 9 heterocycles. The topological polar surface area (TPSA) is 316 Å². The number of amides is 2. The molecule has 526 valence electrons. The molecule has 9 aromatic heterocycles. The van der Waals surface area contributed by atoms with E-state index in [4.69, 9.17) is 29.4 Å². The third kappa shape index (κ3) is 21.5. The van der Waals surface area contributed by atoms with E-state index in [0.29, 0.717) is 67.5 Å². The zero-order valence-corrected chi connectivity index (χ0v) is 59.7. The van der Waals surface area contributed by atoms with Crippen molar-refractivity contribution in [3.8, 4) is 0 Å². The van der Waals surface area contributed by atoms with E-state index < -0.39 is 13.1 Å². The molecule has 0 saturated carbocycles. The molecule has 0 saturated heterocycles. The summed E-state index contributed by atoms with van der Waals surface area (Å²) in [5.41, 5.74) is 45.4. The number of rotatable bonds is 20. The molecule has 3 aromatic carbocycles. The first-order chi connectivity index (χ1) is 49.6. The predicted molar refractivity (Wildman–Crippen MR) is 407 cm³/mol. The number of aryl methyl sites for hydroxylation is 9. The molecule has 12 rings (SSSR count). The second-order valence-electron chi connectivity index (χ2n) is 25.2. The number of fused-ring (bicyclic) bond motifs is 3.